The van der Waals surface area contributed by atoms with Gasteiger partial charge in [-0.1, -0.05) is 19.1 Å². The summed E-state index contributed by atoms with van der Waals surface area (Å²) < 4.78 is 12.6. The second-order valence-corrected chi connectivity index (χ2v) is 3.30. The van der Waals surface area contributed by atoms with Crippen LogP contribution in [0.15, 0.2) is 24.3 Å². The van der Waals surface area contributed by atoms with Gasteiger partial charge in [0.1, 0.15) is 5.82 Å². The van der Waals surface area contributed by atoms with Gasteiger partial charge >= 0.3 is 0 Å². The van der Waals surface area contributed by atoms with Crippen molar-refractivity contribution in [3.63, 3.8) is 0 Å². The fourth-order valence-electron chi connectivity index (χ4n) is 1.20. The van der Waals surface area contributed by atoms with Crippen LogP contribution in [0.1, 0.15) is 18.9 Å². The number of rotatable bonds is 5. The molecule has 0 aliphatic heterocycles. The zero-order chi connectivity index (χ0) is 10.4. The predicted octanol–water partition coefficient (Wildman–Crippen LogP) is 1.69. The fraction of sp³-hybridized carbons (Fsp3) is 0.455. The lowest BCUT2D eigenvalue weighted by Crippen LogP contribution is -2.31. The average molecular weight is 197 g/mol. The molecule has 1 aromatic carbocycles. The first-order chi connectivity index (χ1) is 6.76. The van der Waals surface area contributed by atoms with E-state index in [0.29, 0.717) is 6.54 Å². The molecule has 2 nitrogen and oxygen atoms in total. The molecule has 0 unspecified atom stereocenters. The van der Waals surface area contributed by atoms with E-state index in [2.05, 4.69) is 5.32 Å². The normalized spacial score (nSPS) is 12.8. The van der Waals surface area contributed by atoms with Gasteiger partial charge in [0.2, 0.25) is 0 Å². The van der Waals surface area contributed by atoms with E-state index in [9.17, 15) is 4.39 Å². The Hall–Kier alpha value is -0.930. The van der Waals surface area contributed by atoms with Crippen LogP contribution in [0.5, 0.6) is 0 Å². The van der Waals surface area contributed by atoms with E-state index < -0.39 is 0 Å². The highest BCUT2D eigenvalue weighted by Crippen LogP contribution is 2.02. The van der Waals surface area contributed by atoms with Crippen molar-refractivity contribution in [2.75, 3.05) is 6.61 Å². The largest absolute Gasteiger partial charge is 0.395 e. The maximum absolute atomic E-state index is 12.6. The molecule has 3 heteroatoms. The summed E-state index contributed by atoms with van der Waals surface area (Å²) in [6, 6.07) is 6.49. The Kier molecular flexibility index (Phi) is 4.56. The minimum Gasteiger partial charge on any atom is -0.395 e. The summed E-state index contributed by atoms with van der Waals surface area (Å²) >= 11 is 0. The number of aliphatic hydroxyl groups excluding tert-OH is 1. The van der Waals surface area contributed by atoms with Crippen molar-refractivity contribution in [3.05, 3.63) is 35.6 Å². The van der Waals surface area contributed by atoms with Crippen molar-refractivity contribution in [2.24, 2.45) is 0 Å². The number of nitrogens with one attached hydrogen (secondary N) is 1. The molecule has 14 heavy (non-hydrogen) atoms. The van der Waals surface area contributed by atoms with Crippen LogP contribution >= 0.6 is 0 Å². The molecule has 1 atom stereocenters. The average Bonchev–Trinajstić information content (AvgIpc) is 2.22. The molecular formula is C11H16FNO. The third kappa shape index (κ3) is 3.44. The smallest absolute Gasteiger partial charge is 0.123 e. The highest BCUT2D eigenvalue weighted by atomic mass is 19.1. The molecule has 0 spiro atoms. The number of hydrogen-bond donors (Lipinski definition) is 2. The SMILES string of the molecule is CC[C@H](CO)NCc1ccc(F)cc1. The third-order valence-corrected chi connectivity index (χ3v) is 2.22. The lowest BCUT2D eigenvalue weighted by molar-refractivity contribution is 0.238. The van der Waals surface area contributed by atoms with Crippen LogP contribution in [0, 0.1) is 5.82 Å². The minimum atomic E-state index is -0.219. The third-order valence-electron chi connectivity index (χ3n) is 2.22. The second-order valence-electron chi connectivity index (χ2n) is 3.30. The molecular weight excluding hydrogens is 181 g/mol. The van der Waals surface area contributed by atoms with E-state index in [1.165, 1.54) is 12.1 Å². The summed E-state index contributed by atoms with van der Waals surface area (Å²) in [5, 5.41) is 12.1. The molecule has 0 saturated heterocycles. The lowest BCUT2D eigenvalue weighted by Gasteiger charge is -2.13. The standard InChI is InChI=1S/C11H16FNO/c1-2-11(8-14)13-7-9-3-5-10(12)6-4-9/h3-6,11,13-14H,2,7-8H2,1H3/t11-/m1/s1. The fourth-order valence-corrected chi connectivity index (χ4v) is 1.20. The number of aliphatic hydroxyl groups is 1. The van der Waals surface area contributed by atoms with Crippen molar-refractivity contribution in [2.45, 2.75) is 25.9 Å². The summed E-state index contributed by atoms with van der Waals surface area (Å²) in [4.78, 5) is 0. The van der Waals surface area contributed by atoms with E-state index in [1.54, 1.807) is 12.1 Å². The van der Waals surface area contributed by atoms with Gasteiger partial charge in [0.05, 0.1) is 6.61 Å². The molecule has 1 aromatic rings. The first-order valence-corrected chi connectivity index (χ1v) is 4.85. The van der Waals surface area contributed by atoms with Crippen LogP contribution < -0.4 is 5.32 Å². The van der Waals surface area contributed by atoms with Gasteiger partial charge in [0.25, 0.3) is 0 Å². The Morgan fingerprint density at radius 1 is 1.36 bits per heavy atom. The first-order valence-electron chi connectivity index (χ1n) is 4.85. The number of hydrogen-bond acceptors (Lipinski definition) is 2. The molecule has 0 aliphatic carbocycles. The Morgan fingerprint density at radius 3 is 2.50 bits per heavy atom. The highest BCUT2D eigenvalue weighted by Gasteiger charge is 2.02. The van der Waals surface area contributed by atoms with Gasteiger partial charge in [-0.05, 0) is 24.1 Å². The van der Waals surface area contributed by atoms with Gasteiger partial charge < -0.3 is 10.4 Å². The van der Waals surface area contributed by atoms with E-state index >= 15 is 0 Å². The number of halogens is 1. The molecule has 0 bridgehead atoms. The summed E-state index contributed by atoms with van der Waals surface area (Å²) in [5.74, 6) is -0.219. The summed E-state index contributed by atoms with van der Waals surface area (Å²) in [5.41, 5.74) is 1.03. The van der Waals surface area contributed by atoms with Crippen LogP contribution in [0.4, 0.5) is 4.39 Å². The van der Waals surface area contributed by atoms with E-state index in [4.69, 9.17) is 5.11 Å². The number of benzene rings is 1. The Balaban J connectivity index is 2.41. The molecule has 0 aromatic heterocycles. The Morgan fingerprint density at radius 2 is 2.00 bits per heavy atom. The highest BCUT2D eigenvalue weighted by molar-refractivity contribution is 5.15. The predicted molar refractivity (Wildman–Crippen MR) is 54.4 cm³/mol. The van der Waals surface area contributed by atoms with Crippen molar-refractivity contribution in [1.82, 2.24) is 5.32 Å². The maximum Gasteiger partial charge on any atom is 0.123 e. The van der Waals surface area contributed by atoms with Crippen molar-refractivity contribution in [3.8, 4) is 0 Å². The second kappa shape index (κ2) is 5.73. The molecule has 0 heterocycles. The van der Waals surface area contributed by atoms with Crippen LogP contribution in [-0.4, -0.2) is 17.8 Å². The Labute approximate surface area is 83.8 Å². The molecule has 0 fully saturated rings. The zero-order valence-electron chi connectivity index (χ0n) is 8.33. The zero-order valence-corrected chi connectivity index (χ0v) is 8.33. The summed E-state index contributed by atoms with van der Waals surface area (Å²) in [6.45, 7) is 2.82. The Bertz CT molecular complexity index is 256. The quantitative estimate of drug-likeness (QED) is 0.752. The molecule has 0 amide bonds. The van der Waals surface area contributed by atoms with Crippen molar-refractivity contribution >= 4 is 0 Å². The van der Waals surface area contributed by atoms with Crippen molar-refractivity contribution in [1.29, 1.82) is 0 Å². The van der Waals surface area contributed by atoms with Crippen LogP contribution in [-0.2, 0) is 6.54 Å². The molecule has 0 saturated carbocycles. The van der Waals surface area contributed by atoms with E-state index in [-0.39, 0.29) is 18.5 Å². The van der Waals surface area contributed by atoms with Crippen LogP contribution in [0.2, 0.25) is 0 Å². The van der Waals surface area contributed by atoms with Gasteiger partial charge in [-0.3, -0.25) is 0 Å². The van der Waals surface area contributed by atoms with Gasteiger partial charge in [-0.15, -0.1) is 0 Å². The van der Waals surface area contributed by atoms with Gasteiger partial charge in [0.15, 0.2) is 0 Å². The summed E-state index contributed by atoms with van der Waals surface area (Å²) in [7, 11) is 0. The van der Waals surface area contributed by atoms with Crippen LogP contribution in [0.25, 0.3) is 0 Å². The molecule has 0 aliphatic rings. The first kappa shape index (κ1) is 11.1. The van der Waals surface area contributed by atoms with Crippen molar-refractivity contribution < 1.29 is 9.50 Å². The molecule has 2 N–H and O–H groups in total. The van der Waals surface area contributed by atoms with E-state index in [0.717, 1.165) is 12.0 Å². The topological polar surface area (TPSA) is 32.3 Å². The lowest BCUT2D eigenvalue weighted by atomic mass is 10.2. The van der Waals surface area contributed by atoms with Gasteiger partial charge in [0, 0.05) is 12.6 Å². The van der Waals surface area contributed by atoms with Crippen LogP contribution in [0.3, 0.4) is 0 Å². The van der Waals surface area contributed by atoms with Gasteiger partial charge in [-0.25, -0.2) is 4.39 Å². The monoisotopic (exact) mass is 197 g/mol. The van der Waals surface area contributed by atoms with E-state index in [1.807, 2.05) is 6.92 Å². The minimum absolute atomic E-state index is 0.125. The van der Waals surface area contributed by atoms with Gasteiger partial charge in [-0.2, -0.15) is 0 Å². The molecule has 0 radical (unpaired) electrons. The maximum atomic E-state index is 12.6. The summed E-state index contributed by atoms with van der Waals surface area (Å²) in [6.07, 6.45) is 0.887. The molecule has 1 rings (SSSR count). The molecule has 78 valence electrons.